The number of hydrogen-bond donors (Lipinski definition) is 1. The number of fused-ring (bicyclic) bond motifs is 1. The summed E-state index contributed by atoms with van der Waals surface area (Å²) in [6.45, 7) is 2.72. The molecular formula is C20H24N2O3. The Hall–Kier alpha value is -2.17. The van der Waals surface area contributed by atoms with Crippen LogP contribution in [0.1, 0.15) is 32.6 Å². The molecule has 4 unspecified atom stereocenters. The van der Waals surface area contributed by atoms with E-state index in [0.717, 1.165) is 6.42 Å². The number of nitrogens with zero attached hydrogens (tertiary/aromatic N) is 1. The molecule has 4 rings (SSSR count). The number of anilines is 1. The Morgan fingerprint density at radius 2 is 1.72 bits per heavy atom. The fourth-order valence-electron chi connectivity index (χ4n) is 4.36. The number of benzene rings is 1. The van der Waals surface area contributed by atoms with Gasteiger partial charge in [-0.15, -0.1) is 0 Å². The van der Waals surface area contributed by atoms with Gasteiger partial charge in [-0.05, 0) is 49.7 Å². The van der Waals surface area contributed by atoms with E-state index < -0.39 is 5.92 Å². The number of carbonyl (C=O) groups is 3. The van der Waals surface area contributed by atoms with E-state index in [9.17, 15) is 14.4 Å². The maximum Gasteiger partial charge on any atom is 0.238 e. The van der Waals surface area contributed by atoms with E-state index in [-0.39, 0.29) is 35.5 Å². The molecule has 3 fully saturated rings. The van der Waals surface area contributed by atoms with Crippen molar-refractivity contribution >= 4 is 23.4 Å². The predicted molar refractivity (Wildman–Crippen MR) is 93.5 cm³/mol. The molecule has 5 heteroatoms. The van der Waals surface area contributed by atoms with Gasteiger partial charge in [-0.1, -0.05) is 25.1 Å². The molecule has 132 valence electrons. The highest BCUT2D eigenvalue weighted by atomic mass is 16.2. The fourth-order valence-corrected chi connectivity index (χ4v) is 4.36. The standard InChI is InChI=1S/C20H24N2O3/c1-12-7-10-15(18(23)21-11-13-8-9-13)17-16(12)19(24)22(20(17)25)14-5-3-2-4-6-14/h2-6,12-13,15-17H,7-11H2,1H3,(H,21,23). The van der Waals surface area contributed by atoms with Gasteiger partial charge in [0.15, 0.2) is 0 Å². The monoisotopic (exact) mass is 340 g/mol. The Morgan fingerprint density at radius 3 is 2.40 bits per heavy atom. The minimum absolute atomic E-state index is 0.0511. The number of carbonyl (C=O) groups excluding carboxylic acids is 3. The number of nitrogens with one attached hydrogen (secondary N) is 1. The first-order chi connectivity index (χ1) is 12.1. The highest BCUT2D eigenvalue weighted by Crippen LogP contribution is 2.46. The molecule has 0 bridgehead atoms. The lowest BCUT2D eigenvalue weighted by Crippen LogP contribution is -2.44. The van der Waals surface area contributed by atoms with Crippen molar-refractivity contribution in [2.24, 2.45) is 29.6 Å². The predicted octanol–water partition coefficient (Wildman–Crippen LogP) is 2.36. The van der Waals surface area contributed by atoms with Crippen molar-refractivity contribution in [1.29, 1.82) is 0 Å². The molecule has 1 aromatic carbocycles. The topological polar surface area (TPSA) is 66.5 Å². The van der Waals surface area contributed by atoms with Crippen molar-refractivity contribution < 1.29 is 14.4 Å². The van der Waals surface area contributed by atoms with Crippen molar-refractivity contribution in [3.05, 3.63) is 30.3 Å². The van der Waals surface area contributed by atoms with E-state index in [2.05, 4.69) is 5.32 Å². The lowest BCUT2D eigenvalue weighted by Gasteiger charge is -2.33. The van der Waals surface area contributed by atoms with E-state index in [1.165, 1.54) is 17.7 Å². The van der Waals surface area contributed by atoms with Gasteiger partial charge in [-0.3, -0.25) is 19.3 Å². The molecule has 1 saturated heterocycles. The van der Waals surface area contributed by atoms with Crippen LogP contribution in [0.25, 0.3) is 0 Å². The van der Waals surface area contributed by atoms with E-state index in [1.54, 1.807) is 12.1 Å². The summed E-state index contributed by atoms with van der Waals surface area (Å²) in [4.78, 5) is 40.1. The van der Waals surface area contributed by atoms with E-state index in [4.69, 9.17) is 0 Å². The van der Waals surface area contributed by atoms with Crippen LogP contribution in [-0.4, -0.2) is 24.3 Å². The zero-order valence-corrected chi connectivity index (χ0v) is 14.5. The normalized spacial score (nSPS) is 31.8. The highest BCUT2D eigenvalue weighted by molar-refractivity contribution is 6.23. The van der Waals surface area contributed by atoms with Crippen LogP contribution in [0.5, 0.6) is 0 Å². The SMILES string of the molecule is CC1CCC(C(=O)NCC2CC2)C2C(=O)N(c3ccccc3)C(=O)C12. The third-order valence-corrected chi connectivity index (χ3v) is 5.99. The van der Waals surface area contributed by atoms with Crippen molar-refractivity contribution in [3.8, 4) is 0 Å². The minimum Gasteiger partial charge on any atom is -0.356 e. The summed E-state index contributed by atoms with van der Waals surface area (Å²) in [5, 5.41) is 3.01. The van der Waals surface area contributed by atoms with Crippen molar-refractivity contribution in [1.82, 2.24) is 5.32 Å². The van der Waals surface area contributed by atoms with Gasteiger partial charge in [0.1, 0.15) is 0 Å². The number of imide groups is 1. The molecule has 2 aliphatic carbocycles. The number of rotatable bonds is 4. The van der Waals surface area contributed by atoms with E-state index in [0.29, 0.717) is 24.6 Å². The van der Waals surface area contributed by atoms with Gasteiger partial charge in [-0.2, -0.15) is 0 Å². The van der Waals surface area contributed by atoms with Crippen LogP contribution in [-0.2, 0) is 14.4 Å². The molecule has 0 radical (unpaired) electrons. The second-order valence-corrected chi connectivity index (χ2v) is 7.75. The molecule has 0 aromatic heterocycles. The van der Waals surface area contributed by atoms with Gasteiger partial charge in [0.25, 0.3) is 0 Å². The van der Waals surface area contributed by atoms with Crippen LogP contribution in [0.4, 0.5) is 5.69 Å². The van der Waals surface area contributed by atoms with Gasteiger partial charge in [0.2, 0.25) is 17.7 Å². The molecule has 2 saturated carbocycles. The molecule has 1 aromatic rings. The molecule has 1 N–H and O–H groups in total. The average Bonchev–Trinajstić information content (AvgIpc) is 3.40. The zero-order chi connectivity index (χ0) is 17.6. The fraction of sp³-hybridized carbons (Fsp3) is 0.550. The summed E-state index contributed by atoms with van der Waals surface area (Å²) in [6.07, 6.45) is 3.84. The van der Waals surface area contributed by atoms with Gasteiger partial charge >= 0.3 is 0 Å². The van der Waals surface area contributed by atoms with Crippen molar-refractivity contribution in [2.45, 2.75) is 32.6 Å². The molecule has 3 aliphatic rings. The highest BCUT2D eigenvalue weighted by Gasteiger charge is 2.56. The Morgan fingerprint density at radius 1 is 1.04 bits per heavy atom. The average molecular weight is 340 g/mol. The summed E-state index contributed by atoms with van der Waals surface area (Å²) in [5.74, 6) is -0.955. The summed E-state index contributed by atoms with van der Waals surface area (Å²) in [5.41, 5.74) is 0.608. The Bertz CT molecular complexity index is 698. The lowest BCUT2D eigenvalue weighted by atomic mass is 9.68. The molecule has 0 spiro atoms. The van der Waals surface area contributed by atoms with E-state index in [1.807, 2.05) is 25.1 Å². The maximum absolute atomic E-state index is 13.1. The van der Waals surface area contributed by atoms with Gasteiger partial charge in [-0.25, -0.2) is 0 Å². The number of para-hydroxylation sites is 1. The quantitative estimate of drug-likeness (QED) is 0.856. The second-order valence-electron chi connectivity index (χ2n) is 7.75. The first kappa shape index (κ1) is 16.3. The van der Waals surface area contributed by atoms with Crippen molar-refractivity contribution in [3.63, 3.8) is 0 Å². The smallest absolute Gasteiger partial charge is 0.238 e. The van der Waals surface area contributed by atoms with Gasteiger partial charge in [0, 0.05) is 6.54 Å². The summed E-state index contributed by atoms with van der Waals surface area (Å²) < 4.78 is 0. The van der Waals surface area contributed by atoms with Crippen LogP contribution >= 0.6 is 0 Å². The van der Waals surface area contributed by atoms with Crippen molar-refractivity contribution in [2.75, 3.05) is 11.4 Å². The Kier molecular flexibility index (Phi) is 4.10. The molecule has 1 heterocycles. The lowest BCUT2D eigenvalue weighted by molar-refractivity contribution is -0.136. The largest absolute Gasteiger partial charge is 0.356 e. The zero-order valence-electron chi connectivity index (χ0n) is 14.5. The Labute approximate surface area is 147 Å². The van der Waals surface area contributed by atoms with E-state index >= 15 is 0 Å². The molecule has 4 atom stereocenters. The van der Waals surface area contributed by atoms with Crippen LogP contribution in [0.2, 0.25) is 0 Å². The minimum atomic E-state index is -0.518. The molecule has 5 nitrogen and oxygen atoms in total. The first-order valence-electron chi connectivity index (χ1n) is 9.28. The number of amides is 3. The summed E-state index contributed by atoms with van der Waals surface area (Å²) in [7, 11) is 0. The van der Waals surface area contributed by atoms with Crippen LogP contribution in [0, 0.1) is 29.6 Å². The van der Waals surface area contributed by atoms with Crippen LogP contribution < -0.4 is 10.2 Å². The summed E-state index contributed by atoms with van der Waals surface area (Å²) in [6, 6.07) is 9.06. The Balaban J connectivity index is 1.60. The third kappa shape index (κ3) is 2.86. The summed E-state index contributed by atoms with van der Waals surface area (Å²) >= 11 is 0. The third-order valence-electron chi connectivity index (χ3n) is 5.99. The maximum atomic E-state index is 13.1. The van der Waals surface area contributed by atoms with Crippen LogP contribution in [0.15, 0.2) is 30.3 Å². The first-order valence-corrected chi connectivity index (χ1v) is 9.28. The van der Waals surface area contributed by atoms with Crippen LogP contribution in [0.3, 0.4) is 0 Å². The molecule has 3 amide bonds. The second kappa shape index (κ2) is 6.28. The number of hydrogen-bond acceptors (Lipinski definition) is 3. The van der Waals surface area contributed by atoms with Gasteiger partial charge in [0.05, 0.1) is 23.4 Å². The molecular weight excluding hydrogens is 316 g/mol. The molecule has 1 aliphatic heterocycles. The van der Waals surface area contributed by atoms with Gasteiger partial charge < -0.3 is 5.32 Å². The molecule has 25 heavy (non-hydrogen) atoms.